The summed E-state index contributed by atoms with van der Waals surface area (Å²) in [4.78, 5) is 22.4. The third-order valence-electron chi connectivity index (χ3n) is 5.47. The number of allylic oxidation sites excluding steroid dienone is 2. The highest BCUT2D eigenvalue weighted by atomic mass is 35.5. The molecule has 8 heteroatoms. The van der Waals surface area contributed by atoms with Crippen molar-refractivity contribution in [2.24, 2.45) is 5.41 Å². The molecule has 0 spiro atoms. The van der Waals surface area contributed by atoms with Gasteiger partial charge in [0.2, 0.25) is 5.95 Å². The van der Waals surface area contributed by atoms with E-state index < -0.39 is 6.04 Å². The fraction of sp³-hybridized carbons (Fsp3) is 0.273. The molecular formula is C22H19Cl2N5O. The summed E-state index contributed by atoms with van der Waals surface area (Å²) in [7, 11) is 0. The molecule has 5 rings (SSSR count). The van der Waals surface area contributed by atoms with E-state index in [0.29, 0.717) is 39.4 Å². The largest absolute Gasteiger partial charge is 0.328 e. The van der Waals surface area contributed by atoms with Gasteiger partial charge in [-0.2, -0.15) is 4.98 Å². The number of carbonyl (C=O) groups is 1. The molecule has 1 atom stereocenters. The molecule has 3 aromatic rings. The van der Waals surface area contributed by atoms with Crippen molar-refractivity contribution in [2.45, 2.75) is 32.7 Å². The molecule has 3 heterocycles. The number of aromatic nitrogens is 4. The molecule has 1 aliphatic heterocycles. The van der Waals surface area contributed by atoms with Gasteiger partial charge in [0.15, 0.2) is 11.6 Å². The maximum absolute atomic E-state index is 13.2. The lowest BCUT2D eigenvalue weighted by Crippen LogP contribution is -2.36. The molecule has 2 aliphatic rings. The Bertz CT molecular complexity index is 1200. The van der Waals surface area contributed by atoms with Crippen molar-refractivity contribution in [3.05, 3.63) is 69.6 Å². The molecular weight excluding hydrogens is 421 g/mol. The fourth-order valence-corrected chi connectivity index (χ4v) is 4.70. The van der Waals surface area contributed by atoms with Crippen LogP contribution in [0.1, 0.15) is 38.4 Å². The first-order chi connectivity index (χ1) is 14.3. The molecule has 0 bridgehead atoms. The highest BCUT2D eigenvalue weighted by Gasteiger charge is 2.42. The molecule has 0 amide bonds. The zero-order valence-electron chi connectivity index (χ0n) is 16.5. The normalized spacial score (nSPS) is 19.9. The number of ketones is 1. The highest BCUT2D eigenvalue weighted by molar-refractivity contribution is 6.36. The molecule has 6 nitrogen and oxygen atoms in total. The van der Waals surface area contributed by atoms with E-state index in [1.54, 1.807) is 29.1 Å². The Morgan fingerprint density at radius 1 is 1.17 bits per heavy atom. The second-order valence-electron chi connectivity index (χ2n) is 8.44. The molecule has 0 radical (unpaired) electrons. The van der Waals surface area contributed by atoms with Gasteiger partial charge in [-0.15, -0.1) is 5.10 Å². The van der Waals surface area contributed by atoms with E-state index in [2.05, 4.69) is 24.1 Å². The molecule has 1 aromatic carbocycles. The van der Waals surface area contributed by atoms with Crippen molar-refractivity contribution < 1.29 is 4.79 Å². The third-order valence-corrected chi connectivity index (χ3v) is 6.02. The number of rotatable bonds is 2. The first-order valence-corrected chi connectivity index (χ1v) is 10.4. The molecule has 0 fully saturated rings. The Morgan fingerprint density at radius 3 is 2.73 bits per heavy atom. The van der Waals surface area contributed by atoms with Crippen molar-refractivity contribution in [1.82, 2.24) is 19.7 Å². The van der Waals surface area contributed by atoms with Gasteiger partial charge in [0.25, 0.3) is 0 Å². The van der Waals surface area contributed by atoms with E-state index >= 15 is 0 Å². The molecule has 1 unspecified atom stereocenters. The third kappa shape index (κ3) is 3.20. The van der Waals surface area contributed by atoms with E-state index in [1.165, 1.54) is 0 Å². The number of carbonyl (C=O) groups excluding carboxylic acids is 1. The quantitative estimate of drug-likeness (QED) is 0.585. The van der Waals surface area contributed by atoms with Crippen LogP contribution in [0.3, 0.4) is 0 Å². The average molecular weight is 440 g/mol. The van der Waals surface area contributed by atoms with E-state index in [1.807, 2.05) is 18.2 Å². The smallest absolute Gasteiger partial charge is 0.226 e. The first kappa shape index (κ1) is 19.3. The van der Waals surface area contributed by atoms with Crippen LogP contribution in [0.5, 0.6) is 0 Å². The average Bonchev–Trinajstić information content (AvgIpc) is 3.09. The zero-order chi connectivity index (χ0) is 21.0. The van der Waals surface area contributed by atoms with Gasteiger partial charge in [0, 0.05) is 34.5 Å². The Kier molecular flexibility index (Phi) is 4.45. The van der Waals surface area contributed by atoms with Gasteiger partial charge in [-0.25, -0.2) is 4.68 Å². The number of Topliss-reactive ketones (excluding diaryl/α,β-unsaturated/α-hetero) is 1. The van der Waals surface area contributed by atoms with Crippen LogP contribution < -0.4 is 5.32 Å². The van der Waals surface area contributed by atoms with Gasteiger partial charge < -0.3 is 5.32 Å². The molecule has 2 aromatic heterocycles. The van der Waals surface area contributed by atoms with Gasteiger partial charge in [0.1, 0.15) is 6.04 Å². The van der Waals surface area contributed by atoms with Crippen LogP contribution in [0, 0.1) is 5.41 Å². The van der Waals surface area contributed by atoms with Crippen molar-refractivity contribution in [3.63, 3.8) is 0 Å². The Balaban J connectivity index is 1.68. The molecule has 0 saturated heterocycles. The Morgan fingerprint density at radius 2 is 2.00 bits per heavy atom. The summed E-state index contributed by atoms with van der Waals surface area (Å²) in [5, 5.41) is 9.09. The number of fused-ring (bicyclic) bond motifs is 1. The number of pyridine rings is 1. The molecule has 152 valence electrons. The summed E-state index contributed by atoms with van der Waals surface area (Å²) >= 11 is 12.4. The standard InChI is InChI=1S/C22H19Cl2N5O/c1-22(2)10-16-18(17(30)11-22)19(15-5-3-4-8-25-15)29-21(26-16)27-20(28-29)13-7-6-12(23)9-14(13)24/h3-9,19H,10-11H2,1-2H3,(H,26,27,28). The lowest BCUT2D eigenvalue weighted by Gasteiger charge is -2.37. The van der Waals surface area contributed by atoms with Crippen LogP contribution in [0.15, 0.2) is 53.9 Å². The minimum absolute atomic E-state index is 0.108. The predicted molar refractivity (Wildman–Crippen MR) is 117 cm³/mol. The van der Waals surface area contributed by atoms with E-state index in [-0.39, 0.29) is 11.2 Å². The van der Waals surface area contributed by atoms with Crippen molar-refractivity contribution in [2.75, 3.05) is 5.32 Å². The van der Waals surface area contributed by atoms with Crippen molar-refractivity contribution in [3.8, 4) is 11.4 Å². The molecule has 0 saturated carbocycles. The number of nitrogens with zero attached hydrogens (tertiary/aromatic N) is 4. The highest BCUT2D eigenvalue weighted by Crippen LogP contribution is 2.45. The maximum atomic E-state index is 13.2. The van der Waals surface area contributed by atoms with Crippen LogP contribution in [-0.2, 0) is 4.79 Å². The summed E-state index contributed by atoms with van der Waals surface area (Å²) in [5.74, 6) is 1.14. The summed E-state index contributed by atoms with van der Waals surface area (Å²) in [6, 6.07) is 10.5. The van der Waals surface area contributed by atoms with Crippen LogP contribution in [0.4, 0.5) is 5.95 Å². The summed E-state index contributed by atoms with van der Waals surface area (Å²) in [5.41, 5.74) is 2.90. The minimum atomic E-state index is -0.437. The summed E-state index contributed by atoms with van der Waals surface area (Å²) < 4.78 is 1.73. The number of hydrogen-bond acceptors (Lipinski definition) is 5. The molecule has 1 aliphatic carbocycles. The van der Waals surface area contributed by atoms with Gasteiger partial charge in [-0.05, 0) is 42.2 Å². The summed E-state index contributed by atoms with van der Waals surface area (Å²) in [6.07, 6.45) is 2.96. The monoisotopic (exact) mass is 439 g/mol. The molecule has 30 heavy (non-hydrogen) atoms. The number of benzene rings is 1. The van der Waals surface area contributed by atoms with Crippen molar-refractivity contribution in [1.29, 1.82) is 0 Å². The predicted octanol–water partition coefficient (Wildman–Crippen LogP) is 5.31. The zero-order valence-corrected chi connectivity index (χ0v) is 18.0. The lowest BCUT2D eigenvalue weighted by molar-refractivity contribution is -0.118. The summed E-state index contributed by atoms with van der Waals surface area (Å²) in [6.45, 7) is 4.20. The van der Waals surface area contributed by atoms with Gasteiger partial charge in [-0.3, -0.25) is 9.78 Å². The maximum Gasteiger partial charge on any atom is 0.226 e. The van der Waals surface area contributed by atoms with Crippen LogP contribution in [0.2, 0.25) is 10.0 Å². The SMILES string of the molecule is CC1(C)CC(=O)C2=C(C1)Nc1nc(-c3ccc(Cl)cc3Cl)nn1C2c1ccccn1. The van der Waals surface area contributed by atoms with E-state index in [9.17, 15) is 4.79 Å². The topological polar surface area (TPSA) is 72.7 Å². The second kappa shape index (κ2) is 6.93. The number of hydrogen-bond donors (Lipinski definition) is 1. The Labute approximate surface area is 183 Å². The van der Waals surface area contributed by atoms with Crippen LogP contribution in [0.25, 0.3) is 11.4 Å². The Hall–Kier alpha value is -2.70. The molecule has 1 N–H and O–H groups in total. The van der Waals surface area contributed by atoms with Gasteiger partial charge in [-0.1, -0.05) is 43.1 Å². The fourth-order valence-electron chi connectivity index (χ4n) is 4.21. The number of nitrogens with one attached hydrogen (secondary N) is 1. The number of anilines is 1. The van der Waals surface area contributed by atoms with Gasteiger partial charge in [0.05, 0.1) is 10.7 Å². The second-order valence-corrected chi connectivity index (χ2v) is 9.29. The minimum Gasteiger partial charge on any atom is -0.328 e. The van der Waals surface area contributed by atoms with Gasteiger partial charge >= 0.3 is 0 Å². The van der Waals surface area contributed by atoms with Crippen LogP contribution in [-0.4, -0.2) is 25.5 Å². The van der Waals surface area contributed by atoms with E-state index in [4.69, 9.17) is 33.3 Å². The van der Waals surface area contributed by atoms with E-state index in [0.717, 1.165) is 17.8 Å². The van der Waals surface area contributed by atoms with Crippen molar-refractivity contribution >= 4 is 34.9 Å². The number of halogens is 2. The van der Waals surface area contributed by atoms with Crippen LogP contribution >= 0.6 is 23.2 Å². The lowest BCUT2D eigenvalue weighted by atomic mass is 9.73. The first-order valence-electron chi connectivity index (χ1n) is 9.68.